The number of aryl methyl sites for hydroxylation is 1. The van der Waals surface area contributed by atoms with E-state index in [1.54, 1.807) is 17.5 Å². The molecule has 1 N–H and O–H groups in total. The lowest BCUT2D eigenvalue weighted by molar-refractivity contribution is 0.145. The minimum atomic E-state index is -3.38. The van der Waals surface area contributed by atoms with Gasteiger partial charge in [-0.2, -0.15) is 9.40 Å². The first-order valence-corrected chi connectivity index (χ1v) is 8.45. The van der Waals surface area contributed by atoms with Crippen LogP contribution in [0, 0.1) is 0 Å². The molecule has 0 radical (unpaired) electrons. The smallest absolute Gasteiger partial charge is 0.246 e. The van der Waals surface area contributed by atoms with Gasteiger partial charge in [-0.05, 0) is 13.0 Å². The summed E-state index contributed by atoms with van der Waals surface area (Å²) in [5.74, 6) is 0. The van der Waals surface area contributed by atoms with Crippen molar-refractivity contribution in [1.82, 2.24) is 24.3 Å². The van der Waals surface area contributed by atoms with E-state index in [0.717, 1.165) is 32.6 Å². The molecular formula is C12H21N5O2S. The van der Waals surface area contributed by atoms with Crippen molar-refractivity contribution in [2.75, 3.05) is 39.3 Å². The van der Waals surface area contributed by atoms with Gasteiger partial charge in [-0.1, -0.05) is 0 Å². The summed E-state index contributed by atoms with van der Waals surface area (Å²) in [6.45, 7) is 4.84. The minimum absolute atomic E-state index is 0.288. The van der Waals surface area contributed by atoms with E-state index in [1.807, 2.05) is 0 Å². The Bertz CT molecular complexity index is 556. The second kappa shape index (κ2) is 5.44. The highest BCUT2D eigenvalue weighted by atomic mass is 32.2. The molecule has 2 saturated heterocycles. The Hall–Kier alpha value is -0.960. The molecule has 2 aliphatic heterocycles. The Labute approximate surface area is 119 Å². The average molecular weight is 299 g/mol. The first-order chi connectivity index (χ1) is 9.57. The Balaban J connectivity index is 1.65. The van der Waals surface area contributed by atoms with Gasteiger partial charge in [0.1, 0.15) is 4.90 Å². The van der Waals surface area contributed by atoms with Crippen molar-refractivity contribution in [3.8, 4) is 0 Å². The molecule has 1 unspecified atom stereocenters. The lowest BCUT2D eigenvalue weighted by Gasteiger charge is -2.36. The number of piperazine rings is 1. The largest absolute Gasteiger partial charge is 0.315 e. The number of hydrogen-bond acceptors (Lipinski definition) is 5. The van der Waals surface area contributed by atoms with Gasteiger partial charge in [0.05, 0.1) is 6.20 Å². The van der Waals surface area contributed by atoms with Crippen molar-refractivity contribution in [2.24, 2.45) is 7.05 Å². The van der Waals surface area contributed by atoms with Gasteiger partial charge in [0.25, 0.3) is 0 Å². The molecule has 112 valence electrons. The first kappa shape index (κ1) is 14.0. The monoisotopic (exact) mass is 299 g/mol. The summed E-state index contributed by atoms with van der Waals surface area (Å²) in [7, 11) is -1.65. The van der Waals surface area contributed by atoms with Crippen LogP contribution in [0.15, 0.2) is 17.3 Å². The zero-order chi connectivity index (χ0) is 14.2. The Morgan fingerprint density at radius 3 is 2.60 bits per heavy atom. The highest BCUT2D eigenvalue weighted by Gasteiger charge is 2.32. The number of rotatable bonds is 3. The van der Waals surface area contributed by atoms with Gasteiger partial charge in [-0.25, -0.2) is 8.42 Å². The molecule has 0 amide bonds. The molecule has 1 aromatic heterocycles. The predicted octanol–water partition coefficient (Wildman–Crippen LogP) is -0.912. The summed E-state index contributed by atoms with van der Waals surface area (Å²) in [5, 5.41) is 7.30. The molecule has 7 nitrogen and oxygen atoms in total. The van der Waals surface area contributed by atoms with Gasteiger partial charge >= 0.3 is 0 Å². The first-order valence-electron chi connectivity index (χ1n) is 7.01. The average Bonchev–Trinajstić information content (AvgIpc) is 3.10. The number of hydrogen-bond donors (Lipinski definition) is 1. The van der Waals surface area contributed by atoms with Crippen molar-refractivity contribution in [1.29, 1.82) is 0 Å². The fourth-order valence-corrected chi connectivity index (χ4v) is 4.35. The molecule has 8 heteroatoms. The summed E-state index contributed by atoms with van der Waals surface area (Å²) in [5.41, 5.74) is 0. The fourth-order valence-electron chi connectivity index (χ4n) is 2.94. The maximum atomic E-state index is 12.5. The third-order valence-electron chi connectivity index (χ3n) is 4.14. The van der Waals surface area contributed by atoms with Gasteiger partial charge in [-0.3, -0.25) is 9.58 Å². The molecule has 0 spiro atoms. The second-order valence-corrected chi connectivity index (χ2v) is 7.37. The van der Waals surface area contributed by atoms with E-state index in [-0.39, 0.29) is 4.90 Å². The summed E-state index contributed by atoms with van der Waals surface area (Å²) in [4.78, 5) is 2.69. The topological polar surface area (TPSA) is 70.5 Å². The van der Waals surface area contributed by atoms with E-state index in [1.165, 1.54) is 10.9 Å². The standard InChI is InChI=1S/C12H21N5O2S/c1-15-10-12(9-14-15)20(18,19)17-6-4-16(5-7-17)11-2-3-13-8-11/h9-11,13H,2-8H2,1H3. The third kappa shape index (κ3) is 2.60. The lowest BCUT2D eigenvalue weighted by atomic mass is 10.2. The molecular weight excluding hydrogens is 278 g/mol. The summed E-state index contributed by atoms with van der Waals surface area (Å²) in [6, 6.07) is 0.568. The Morgan fingerprint density at radius 1 is 1.30 bits per heavy atom. The number of aromatic nitrogens is 2. The van der Waals surface area contributed by atoms with Crippen LogP contribution in [0.1, 0.15) is 6.42 Å². The molecule has 20 heavy (non-hydrogen) atoms. The quantitative estimate of drug-likeness (QED) is 0.782. The van der Waals surface area contributed by atoms with Gasteiger partial charge in [-0.15, -0.1) is 0 Å². The highest BCUT2D eigenvalue weighted by molar-refractivity contribution is 7.89. The predicted molar refractivity (Wildman–Crippen MR) is 74.8 cm³/mol. The second-order valence-electron chi connectivity index (χ2n) is 5.44. The van der Waals surface area contributed by atoms with E-state index in [4.69, 9.17) is 0 Å². The van der Waals surface area contributed by atoms with Crippen molar-refractivity contribution in [3.63, 3.8) is 0 Å². The number of sulfonamides is 1. The minimum Gasteiger partial charge on any atom is -0.315 e. The van der Waals surface area contributed by atoms with Gasteiger partial charge in [0, 0.05) is 52.0 Å². The summed E-state index contributed by atoms with van der Waals surface area (Å²) < 4.78 is 28.0. The molecule has 0 bridgehead atoms. The van der Waals surface area contributed by atoms with E-state index < -0.39 is 10.0 Å². The van der Waals surface area contributed by atoms with E-state index >= 15 is 0 Å². The van der Waals surface area contributed by atoms with Crippen LogP contribution in [0.4, 0.5) is 0 Å². The fraction of sp³-hybridized carbons (Fsp3) is 0.750. The maximum absolute atomic E-state index is 12.5. The van der Waals surface area contributed by atoms with E-state index in [2.05, 4.69) is 15.3 Å². The number of nitrogens with zero attached hydrogens (tertiary/aromatic N) is 4. The Morgan fingerprint density at radius 2 is 2.05 bits per heavy atom. The van der Waals surface area contributed by atoms with Gasteiger partial charge in [0.2, 0.25) is 10.0 Å². The molecule has 3 rings (SSSR count). The molecule has 0 saturated carbocycles. The summed E-state index contributed by atoms with van der Waals surface area (Å²) in [6.07, 6.45) is 4.14. The van der Waals surface area contributed by atoms with Crippen LogP contribution in [0.3, 0.4) is 0 Å². The molecule has 2 fully saturated rings. The SMILES string of the molecule is Cn1cc(S(=O)(=O)N2CCN(C3CCNC3)CC2)cn1. The van der Waals surface area contributed by atoms with E-state index in [9.17, 15) is 8.42 Å². The molecule has 1 atom stereocenters. The van der Waals surface area contributed by atoms with Crippen molar-refractivity contribution in [3.05, 3.63) is 12.4 Å². The molecule has 0 aliphatic carbocycles. The molecule has 0 aromatic carbocycles. The van der Waals surface area contributed by atoms with Crippen LogP contribution in [0.2, 0.25) is 0 Å². The normalized spacial score (nSPS) is 26.1. The molecule has 2 aliphatic rings. The van der Waals surface area contributed by atoms with Crippen LogP contribution in [-0.2, 0) is 17.1 Å². The van der Waals surface area contributed by atoms with Crippen molar-refractivity contribution in [2.45, 2.75) is 17.4 Å². The van der Waals surface area contributed by atoms with Crippen molar-refractivity contribution < 1.29 is 8.42 Å². The number of nitrogens with one attached hydrogen (secondary N) is 1. The third-order valence-corrected chi connectivity index (χ3v) is 5.99. The molecule has 1 aromatic rings. The van der Waals surface area contributed by atoms with Crippen LogP contribution < -0.4 is 5.32 Å². The van der Waals surface area contributed by atoms with Crippen molar-refractivity contribution >= 4 is 10.0 Å². The van der Waals surface area contributed by atoms with Gasteiger partial charge in [0.15, 0.2) is 0 Å². The highest BCUT2D eigenvalue weighted by Crippen LogP contribution is 2.18. The lowest BCUT2D eigenvalue weighted by Crippen LogP contribution is -2.52. The summed E-state index contributed by atoms with van der Waals surface area (Å²) >= 11 is 0. The zero-order valence-corrected chi connectivity index (χ0v) is 12.5. The van der Waals surface area contributed by atoms with Crippen LogP contribution in [-0.4, -0.2) is 72.7 Å². The molecule has 3 heterocycles. The van der Waals surface area contributed by atoms with Gasteiger partial charge < -0.3 is 5.32 Å². The van der Waals surface area contributed by atoms with E-state index in [0.29, 0.717) is 19.1 Å². The van der Waals surface area contributed by atoms with Crippen LogP contribution in [0.5, 0.6) is 0 Å². The van der Waals surface area contributed by atoms with Crippen LogP contribution in [0.25, 0.3) is 0 Å². The van der Waals surface area contributed by atoms with Crippen LogP contribution >= 0.6 is 0 Å². The zero-order valence-electron chi connectivity index (χ0n) is 11.7. The Kier molecular flexibility index (Phi) is 3.80. The maximum Gasteiger partial charge on any atom is 0.246 e.